The second kappa shape index (κ2) is 10.7. The molecule has 1 fully saturated rings. The molecule has 1 aliphatic carbocycles. The molecular weight excluding hydrogens is 409 g/mol. The molecule has 0 aromatic carbocycles. The van der Waals surface area contributed by atoms with Gasteiger partial charge in [-0.25, -0.2) is 22.4 Å². The van der Waals surface area contributed by atoms with E-state index in [2.05, 4.69) is 15.4 Å². The molecule has 1 unspecified atom stereocenters. The third-order valence-electron chi connectivity index (χ3n) is 4.37. The zero-order valence-electron chi connectivity index (χ0n) is 15.3. The van der Waals surface area contributed by atoms with Crippen LogP contribution in [0, 0.1) is 11.8 Å². The van der Waals surface area contributed by atoms with E-state index in [0.29, 0.717) is 6.54 Å². The second-order valence-corrected chi connectivity index (χ2v) is 7.90. The highest BCUT2D eigenvalue weighted by Gasteiger charge is 2.48. The number of alkyl carbamates (subject to hydrolysis) is 2. The Hall–Kier alpha value is -1.76. The fourth-order valence-corrected chi connectivity index (χ4v) is 3.11. The summed E-state index contributed by atoms with van der Waals surface area (Å²) < 4.78 is 78.9. The van der Waals surface area contributed by atoms with Crippen molar-refractivity contribution in [1.29, 1.82) is 0 Å². The Kier molecular flexibility index (Phi) is 9.27. The summed E-state index contributed by atoms with van der Waals surface area (Å²) in [7, 11) is -6.20. The van der Waals surface area contributed by atoms with Crippen molar-refractivity contribution in [2.24, 2.45) is 11.8 Å². The van der Waals surface area contributed by atoms with Crippen molar-refractivity contribution in [1.82, 2.24) is 10.6 Å². The summed E-state index contributed by atoms with van der Waals surface area (Å²) in [4.78, 5) is 22.7. The summed E-state index contributed by atoms with van der Waals surface area (Å²) in [5, 5.41) is -0.232. The van der Waals surface area contributed by atoms with Crippen molar-refractivity contribution >= 4 is 22.3 Å². The topological polar surface area (TPSA) is 134 Å². The van der Waals surface area contributed by atoms with Crippen molar-refractivity contribution < 1.29 is 45.2 Å². The molecule has 1 atom stereocenters. The number of nitrogens with one attached hydrogen (secondary N) is 2. The molecule has 0 aromatic rings. The van der Waals surface area contributed by atoms with E-state index < -0.39 is 40.3 Å². The third-order valence-corrected chi connectivity index (χ3v) is 5.29. The van der Waals surface area contributed by atoms with E-state index in [1.165, 1.54) is 0 Å². The fraction of sp³-hybridized carbons (Fsp3) is 0.867. The Bertz CT molecular complexity index is 625. The molecule has 1 rings (SSSR count). The average molecular weight is 433 g/mol. The van der Waals surface area contributed by atoms with Gasteiger partial charge in [0, 0.05) is 13.1 Å². The van der Waals surface area contributed by atoms with Gasteiger partial charge >= 0.3 is 17.4 Å². The molecule has 0 spiro atoms. The molecule has 0 heterocycles. The largest absolute Gasteiger partial charge is 0.743 e. The highest BCUT2D eigenvalue weighted by Crippen LogP contribution is 2.28. The maximum atomic E-state index is 13.2. The average Bonchev–Trinajstić information content (AvgIpc) is 2.62. The fourth-order valence-electron chi connectivity index (χ4n) is 2.73. The maximum Gasteiger partial charge on any atom is 0.407 e. The lowest BCUT2D eigenvalue weighted by atomic mass is 9.82. The van der Waals surface area contributed by atoms with Gasteiger partial charge in [-0.05, 0) is 44.4 Å². The lowest BCUT2D eigenvalue weighted by Crippen LogP contribution is -2.42. The van der Waals surface area contributed by atoms with Crippen LogP contribution in [0.25, 0.3) is 0 Å². The van der Waals surface area contributed by atoms with E-state index in [0.717, 1.165) is 25.7 Å². The summed E-state index contributed by atoms with van der Waals surface area (Å²) in [5.74, 6) is 0.368. The number of carbonyl (C=O) groups is 2. The Morgan fingerprint density at radius 2 is 1.50 bits per heavy atom. The Labute approximate surface area is 161 Å². The first-order valence-corrected chi connectivity index (χ1v) is 10.2. The molecule has 13 heteroatoms. The number of rotatable bonds is 9. The molecule has 164 valence electrons. The van der Waals surface area contributed by atoms with Crippen molar-refractivity contribution in [2.45, 2.75) is 44.0 Å². The molecule has 28 heavy (non-hydrogen) atoms. The zero-order chi connectivity index (χ0) is 21.4. The lowest BCUT2D eigenvalue weighted by molar-refractivity contribution is -0.0309. The van der Waals surface area contributed by atoms with Crippen LogP contribution in [-0.4, -0.2) is 62.9 Å². The normalized spacial score (nSPS) is 21.5. The van der Waals surface area contributed by atoms with Crippen molar-refractivity contribution in [3.05, 3.63) is 0 Å². The Balaban J connectivity index is 2.24. The van der Waals surface area contributed by atoms with E-state index in [1.54, 1.807) is 6.92 Å². The molecule has 2 N–H and O–H groups in total. The van der Waals surface area contributed by atoms with Crippen LogP contribution in [0.1, 0.15) is 32.6 Å². The van der Waals surface area contributed by atoms with Gasteiger partial charge in [-0.3, -0.25) is 0 Å². The Morgan fingerprint density at radius 1 is 1.07 bits per heavy atom. The number of hydrogen-bond donors (Lipinski definition) is 2. The summed E-state index contributed by atoms with van der Waals surface area (Å²) in [6.45, 7) is 1.08. The summed E-state index contributed by atoms with van der Waals surface area (Å²) in [6.07, 6.45) is -2.03. The molecule has 9 nitrogen and oxygen atoms in total. The van der Waals surface area contributed by atoms with Gasteiger partial charge in [0.05, 0.1) is 6.61 Å². The van der Waals surface area contributed by atoms with E-state index in [9.17, 15) is 35.7 Å². The van der Waals surface area contributed by atoms with Gasteiger partial charge in [-0.15, -0.1) is 0 Å². The highest BCUT2D eigenvalue weighted by atomic mass is 32.2. The minimum atomic E-state index is -6.20. The highest BCUT2D eigenvalue weighted by molar-refractivity contribution is 7.86. The molecule has 0 bridgehead atoms. The van der Waals surface area contributed by atoms with E-state index in [4.69, 9.17) is 4.74 Å². The van der Waals surface area contributed by atoms with Gasteiger partial charge in [-0.2, -0.15) is 8.78 Å². The van der Waals surface area contributed by atoms with Crippen LogP contribution < -0.4 is 10.6 Å². The van der Waals surface area contributed by atoms with Crippen LogP contribution in [0.4, 0.5) is 22.8 Å². The van der Waals surface area contributed by atoms with Crippen LogP contribution in [0.3, 0.4) is 0 Å². The van der Waals surface area contributed by atoms with E-state index in [1.807, 2.05) is 0 Å². The molecule has 2 amide bonds. The number of alkyl halides is 3. The standard InChI is InChI=1S/C15H25F3N2O7S/c1-2-26-13(21)19-7-10-3-5-11(6-4-10)8-20-14(22)27-9-12(16)15(17,18)28(23,24)25/h10-12H,2-9H2,1H3,(H,19,21)(H,20,22)(H,23,24,25)/p-1. The summed E-state index contributed by atoms with van der Waals surface area (Å²) >= 11 is 0. The van der Waals surface area contributed by atoms with Gasteiger partial charge in [0.25, 0.3) is 0 Å². The van der Waals surface area contributed by atoms with Crippen LogP contribution in [0.2, 0.25) is 0 Å². The second-order valence-electron chi connectivity index (χ2n) is 6.45. The van der Waals surface area contributed by atoms with E-state index >= 15 is 0 Å². The third kappa shape index (κ3) is 7.70. The molecule has 0 aromatic heterocycles. The van der Waals surface area contributed by atoms with Gasteiger partial charge in [-0.1, -0.05) is 0 Å². The molecular formula is C15H24F3N2O7S-. The van der Waals surface area contributed by atoms with Gasteiger partial charge in [0.15, 0.2) is 10.1 Å². The Morgan fingerprint density at radius 3 is 1.89 bits per heavy atom. The zero-order valence-corrected chi connectivity index (χ0v) is 16.1. The minimum absolute atomic E-state index is 0.0935. The molecule has 1 aliphatic rings. The quantitative estimate of drug-likeness (QED) is 0.529. The predicted octanol–water partition coefficient (Wildman–Crippen LogP) is 1.74. The predicted molar refractivity (Wildman–Crippen MR) is 89.4 cm³/mol. The molecule has 0 radical (unpaired) electrons. The minimum Gasteiger partial charge on any atom is -0.743 e. The van der Waals surface area contributed by atoms with Crippen LogP contribution in [0.5, 0.6) is 0 Å². The monoisotopic (exact) mass is 433 g/mol. The number of halogens is 3. The van der Waals surface area contributed by atoms with Gasteiger partial charge < -0.3 is 24.7 Å². The number of carbonyl (C=O) groups excluding carboxylic acids is 2. The maximum absolute atomic E-state index is 13.2. The number of ether oxygens (including phenoxy) is 2. The number of amides is 2. The SMILES string of the molecule is CCOC(=O)NCC1CCC(CNC(=O)OCC(F)C(F)(F)S(=O)(=O)[O-])CC1. The van der Waals surface area contributed by atoms with Gasteiger partial charge in [0.2, 0.25) is 6.17 Å². The first kappa shape index (κ1) is 24.3. The lowest BCUT2D eigenvalue weighted by Gasteiger charge is -2.28. The summed E-state index contributed by atoms with van der Waals surface area (Å²) in [5.41, 5.74) is 0. The van der Waals surface area contributed by atoms with Crippen molar-refractivity contribution in [3.8, 4) is 0 Å². The van der Waals surface area contributed by atoms with Crippen molar-refractivity contribution in [3.63, 3.8) is 0 Å². The van der Waals surface area contributed by atoms with Crippen LogP contribution >= 0.6 is 0 Å². The van der Waals surface area contributed by atoms with Gasteiger partial charge in [0.1, 0.15) is 6.61 Å². The van der Waals surface area contributed by atoms with Crippen molar-refractivity contribution in [2.75, 3.05) is 26.3 Å². The van der Waals surface area contributed by atoms with E-state index in [-0.39, 0.29) is 25.0 Å². The molecule has 0 aliphatic heterocycles. The molecule has 0 saturated heterocycles. The smallest absolute Gasteiger partial charge is 0.407 e. The first-order chi connectivity index (χ1) is 13.0. The first-order valence-electron chi connectivity index (χ1n) is 8.75. The van der Waals surface area contributed by atoms with Crippen LogP contribution in [-0.2, 0) is 19.6 Å². The molecule has 1 saturated carbocycles. The number of hydrogen-bond acceptors (Lipinski definition) is 7. The van der Waals surface area contributed by atoms with Crippen LogP contribution in [0.15, 0.2) is 0 Å². The summed E-state index contributed by atoms with van der Waals surface area (Å²) in [6, 6.07) is 0.